The molecule has 0 aliphatic carbocycles. The van der Waals surface area contributed by atoms with Gasteiger partial charge in [-0.3, -0.25) is 4.79 Å². The maximum atomic E-state index is 12.0. The maximum absolute atomic E-state index is 12.0. The summed E-state index contributed by atoms with van der Waals surface area (Å²) in [5.74, 6) is 0.599. The molecule has 0 aromatic rings. The van der Waals surface area contributed by atoms with Gasteiger partial charge in [0.2, 0.25) is 5.91 Å². The second-order valence-corrected chi connectivity index (χ2v) is 7.40. The van der Waals surface area contributed by atoms with E-state index >= 15 is 0 Å². The summed E-state index contributed by atoms with van der Waals surface area (Å²) in [4.78, 5) is 13.9. The number of sulfone groups is 1. The first-order valence-corrected chi connectivity index (χ1v) is 8.00. The van der Waals surface area contributed by atoms with Crippen molar-refractivity contribution in [2.75, 3.05) is 31.1 Å². The second-order valence-electron chi connectivity index (χ2n) is 5.17. The summed E-state index contributed by atoms with van der Waals surface area (Å²) < 4.78 is 22.6. The predicted molar refractivity (Wildman–Crippen MR) is 65.4 cm³/mol. The number of nitrogens with one attached hydrogen (secondary N) is 1. The van der Waals surface area contributed by atoms with Crippen molar-refractivity contribution in [3.63, 3.8) is 0 Å². The van der Waals surface area contributed by atoms with Gasteiger partial charge in [0.15, 0.2) is 9.84 Å². The molecule has 6 heteroatoms. The van der Waals surface area contributed by atoms with Crippen molar-refractivity contribution in [2.24, 2.45) is 5.92 Å². The van der Waals surface area contributed by atoms with Crippen LogP contribution in [0.15, 0.2) is 0 Å². The van der Waals surface area contributed by atoms with E-state index in [0.29, 0.717) is 18.9 Å². The molecule has 98 valence electrons. The van der Waals surface area contributed by atoms with Gasteiger partial charge in [0.1, 0.15) is 0 Å². The Kier molecular flexibility index (Phi) is 3.73. The molecule has 0 aromatic carbocycles. The number of nitrogens with zero attached hydrogens (tertiary/aromatic N) is 1. The summed E-state index contributed by atoms with van der Waals surface area (Å²) in [5.41, 5.74) is 0. The van der Waals surface area contributed by atoms with Crippen molar-refractivity contribution < 1.29 is 13.2 Å². The summed E-state index contributed by atoms with van der Waals surface area (Å²) in [6.45, 7) is 4.36. The van der Waals surface area contributed by atoms with Crippen molar-refractivity contribution >= 4 is 15.7 Å². The number of rotatable bonds is 2. The molecule has 2 fully saturated rings. The first-order chi connectivity index (χ1) is 7.96. The molecule has 2 aliphatic rings. The van der Waals surface area contributed by atoms with E-state index in [0.717, 1.165) is 19.6 Å². The summed E-state index contributed by atoms with van der Waals surface area (Å²) in [6.07, 6.45) is 1.04. The van der Waals surface area contributed by atoms with E-state index in [1.165, 1.54) is 0 Å². The van der Waals surface area contributed by atoms with Crippen LogP contribution in [-0.2, 0) is 14.6 Å². The Morgan fingerprint density at radius 1 is 1.47 bits per heavy atom. The summed E-state index contributed by atoms with van der Waals surface area (Å²) in [5, 5.41) is 3.28. The Morgan fingerprint density at radius 3 is 2.82 bits per heavy atom. The Labute approximate surface area is 102 Å². The Hall–Kier alpha value is -0.620. The van der Waals surface area contributed by atoms with E-state index in [2.05, 4.69) is 12.2 Å². The van der Waals surface area contributed by atoms with Crippen LogP contribution in [0, 0.1) is 5.92 Å². The third kappa shape index (κ3) is 3.42. The lowest BCUT2D eigenvalue weighted by Gasteiger charge is -2.32. The third-order valence-corrected chi connectivity index (χ3v) is 5.35. The van der Waals surface area contributed by atoms with Crippen LogP contribution >= 0.6 is 0 Å². The molecule has 0 spiro atoms. The van der Waals surface area contributed by atoms with Crippen LogP contribution in [0.5, 0.6) is 0 Å². The zero-order chi connectivity index (χ0) is 12.5. The van der Waals surface area contributed by atoms with Gasteiger partial charge in [0, 0.05) is 32.1 Å². The van der Waals surface area contributed by atoms with Gasteiger partial charge >= 0.3 is 0 Å². The molecule has 2 rings (SSSR count). The smallest absolute Gasteiger partial charge is 0.222 e. The van der Waals surface area contributed by atoms with E-state index < -0.39 is 9.84 Å². The van der Waals surface area contributed by atoms with Crippen LogP contribution in [0.2, 0.25) is 0 Å². The molecule has 17 heavy (non-hydrogen) atoms. The van der Waals surface area contributed by atoms with E-state index in [4.69, 9.17) is 0 Å². The molecular weight excluding hydrogens is 240 g/mol. The SMILES string of the molecule is C[C@H]1CN(C(=O)CC2CCS(=O)(=O)C2)CCN1. The number of amides is 1. The molecule has 0 aromatic heterocycles. The Bertz CT molecular complexity index is 394. The number of carbonyl (C=O) groups is 1. The van der Waals surface area contributed by atoms with E-state index in [9.17, 15) is 13.2 Å². The molecule has 1 unspecified atom stereocenters. The van der Waals surface area contributed by atoms with Crippen molar-refractivity contribution in [3.8, 4) is 0 Å². The average molecular weight is 260 g/mol. The molecular formula is C11H20N2O3S. The van der Waals surface area contributed by atoms with Gasteiger partial charge in [-0.1, -0.05) is 0 Å². The van der Waals surface area contributed by atoms with Crippen LogP contribution in [0.3, 0.4) is 0 Å². The third-order valence-electron chi connectivity index (χ3n) is 3.51. The van der Waals surface area contributed by atoms with Crippen molar-refractivity contribution in [1.29, 1.82) is 0 Å². The van der Waals surface area contributed by atoms with Gasteiger partial charge < -0.3 is 10.2 Å². The molecule has 2 aliphatic heterocycles. The zero-order valence-electron chi connectivity index (χ0n) is 10.2. The van der Waals surface area contributed by atoms with E-state index in [-0.39, 0.29) is 23.3 Å². The minimum Gasteiger partial charge on any atom is -0.340 e. The second kappa shape index (κ2) is 4.94. The lowest BCUT2D eigenvalue weighted by molar-refractivity contribution is -0.133. The average Bonchev–Trinajstić information content (AvgIpc) is 2.58. The number of hydrogen-bond acceptors (Lipinski definition) is 4. The number of piperazine rings is 1. The van der Waals surface area contributed by atoms with Crippen LogP contribution < -0.4 is 5.32 Å². The lowest BCUT2D eigenvalue weighted by Crippen LogP contribution is -2.51. The minimum atomic E-state index is -2.87. The fourth-order valence-electron chi connectivity index (χ4n) is 2.57. The van der Waals surface area contributed by atoms with Crippen molar-refractivity contribution in [1.82, 2.24) is 10.2 Å². The predicted octanol–water partition coefficient (Wildman–Crippen LogP) is -0.368. The van der Waals surface area contributed by atoms with Crippen molar-refractivity contribution in [2.45, 2.75) is 25.8 Å². The van der Waals surface area contributed by atoms with Gasteiger partial charge in [-0.25, -0.2) is 8.42 Å². The van der Waals surface area contributed by atoms with Crippen LogP contribution in [-0.4, -0.2) is 56.4 Å². The Balaban J connectivity index is 1.85. The van der Waals surface area contributed by atoms with Crippen molar-refractivity contribution in [3.05, 3.63) is 0 Å². The molecule has 0 bridgehead atoms. The largest absolute Gasteiger partial charge is 0.340 e. The molecule has 2 saturated heterocycles. The molecule has 0 saturated carbocycles. The van der Waals surface area contributed by atoms with Gasteiger partial charge in [0.25, 0.3) is 0 Å². The summed E-state index contributed by atoms with van der Waals surface area (Å²) in [6, 6.07) is 0.333. The minimum absolute atomic E-state index is 0.0395. The highest BCUT2D eigenvalue weighted by molar-refractivity contribution is 7.91. The van der Waals surface area contributed by atoms with Crippen LogP contribution in [0.4, 0.5) is 0 Å². The zero-order valence-corrected chi connectivity index (χ0v) is 11.0. The molecule has 1 N–H and O–H groups in total. The van der Waals surface area contributed by atoms with E-state index in [1.807, 2.05) is 4.90 Å². The highest BCUT2D eigenvalue weighted by Crippen LogP contribution is 2.22. The fourth-order valence-corrected chi connectivity index (χ4v) is 4.43. The Morgan fingerprint density at radius 2 is 2.24 bits per heavy atom. The molecule has 5 nitrogen and oxygen atoms in total. The van der Waals surface area contributed by atoms with Crippen LogP contribution in [0.1, 0.15) is 19.8 Å². The van der Waals surface area contributed by atoms with E-state index in [1.54, 1.807) is 0 Å². The van der Waals surface area contributed by atoms with Gasteiger partial charge in [-0.15, -0.1) is 0 Å². The summed E-state index contributed by atoms with van der Waals surface area (Å²) >= 11 is 0. The molecule has 0 radical (unpaired) electrons. The molecule has 2 atom stereocenters. The van der Waals surface area contributed by atoms with Gasteiger partial charge in [-0.05, 0) is 19.3 Å². The maximum Gasteiger partial charge on any atom is 0.222 e. The topological polar surface area (TPSA) is 66.5 Å². The highest BCUT2D eigenvalue weighted by atomic mass is 32.2. The van der Waals surface area contributed by atoms with Crippen LogP contribution in [0.25, 0.3) is 0 Å². The standard InChI is InChI=1S/C11H20N2O3S/c1-9-7-13(4-3-12-9)11(14)6-10-2-5-17(15,16)8-10/h9-10,12H,2-8H2,1H3/t9-,10?/m0/s1. The number of carbonyl (C=O) groups excluding carboxylic acids is 1. The molecule has 1 amide bonds. The van der Waals surface area contributed by atoms with Gasteiger partial charge in [0.05, 0.1) is 11.5 Å². The molecule has 2 heterocycles. The lowest BCUT2D eigenvalue weighted by atomic mass is 10.0. The fraction of sp³-hybridized carbons (Fsp3) is 0.909. The quantitative estimate of drug-likeness (QED) is 0.736. The monoisotopic (exact) mass is 260 g/mol. The van der Waals surface area contributed by atoms with Gasteiger partial charge in [-0.2, -0.15) is 0 Å². The number of hydrogen-bond donors (Lipinski definition) is 1. The highest BCUT2D eigenvalue weighted by Gasteiger charge is 2.31. The first kappa shape index (κ1) is 12.8. The summed E-state index contributed by atoms with van der Waals surface area (Å²) in [7, 11) is -2.87. The normalized spacial score (nSPS) is 32.6. The first-order valence-electron chi connectivity index (χ1n) is 6.18.